The molecule has 0 aromatic carbocycles. The number of carbonyl (C=O) groups excluding carboxylic acids is 1. The third-order valence-electron chi connectivity index (χ3n) is 5.67. The van der Waals surface area contributed by atoms with Gasteiger partial charge in [-0.3, -0.25) is 4.79 Å². The van der Waals surface area contributed by atoms with Gasteiger partial charge in [-0.1, -0.05) is 79.6 Å². The number of aliphatic hydroxyl groups excluding tert-OH is 1. The Hall–Kier alpha value is -0.570. The van der Waals surface area contributed by atoms with Crippen LogP contribution in [-0.2, 0) is 9.53 Å². The Balaban J connectivity index is 3.57. The molecule has 0 spiro atoms. The second-order valence-corrected chi connectivity index (χ2v) is 9.65. The Bertz CT molecular complexity index is 336. The van der Waals surface area contributed by atoms with Crippen LogP contribution in [0.3, 0.4) is 0 Å². The molecule has 1 atom stereocenters. The zero-order valence-corrected chi connectivity index (χ0v) is 18.3. The third kappa shape index (κ3) is 15.7. The van der Waals surface area contributed by atoms with Crippen molar-refractivity contribution in [3.05, 3.63) is 0 Å². The summed E-state index contributed by atoms with van der Waals surface area (Å²) in [5.74, 6) is 0. The summed E-state index contributed by atoms with van der Waals surface area (Å²) < 4.78 is 4.80. The quantitative estimate of drug-likeness (QED) is 0.217. The highest BCUT2D eigenvalue weighted by Crippen LogP contribution is 2.30. The Morgan fingerprint density at radius 2 is 1.31 bits per heavy atom. The molecule has 0 aliphatic rings. The Labute approximate surface area is 163 Å². The number of ether oxygens (including phenoxy) is 1. The first-order valence-corrected chi connectivity index (χ1v) is 11.0. The van der Waals surface area contributed by atoms with Gasteiger partial charge in [0.05, 0.1) is 12.7 Å². The van der Waals surface area contributed by atoms with Crippen molar-refractivity contribution in [2.45, 2.75) is 124 Å². The van der Waals surface area contributed by atoms with Crippen molar-refractivity contribution in [3.8, 4) is 0 Å². The lowest BCUT2D eigenvalue weighted by molar-refractivity contribution is -0.129. The third-order valence-corrected chi connectivity index (χ3v) is 5.67. The van der Waals surface area contributed by atoms with E-state index < -0.39 is 0 Å². The highest BCUT2D eigenvalue weighted by atomic mass is 16.5. The molecule has 0 radical (unpaired) electrons. The van der Waals surface area contributed by atoms with Crippen LogP contribution in [0.15, 0.2) is 0 Å². The summed E-state index contributed by atoms with van der Waals surface area (Å²) in [6.45, 7) is 12.5. The lowest BCUT2D eigenvalue weighted by atomic mass is 9.82. The largest absolute Gasteiger partial charge is 0.468 e. The molecule has 1 N–H and O–H groups in total. The first-order valence-electron chi connectivity index (χ1n) is 11.0. The van der Waals surface area contributed by atoms with Gasteiger partial charge >= 0.3 is 0 Å². The molecular weight excluding hydrogens is 324 g/mol. The molecule has 0 saturated carbocycles. The normalized spacial score (nSPS) is 13.6. The van der Waals surface area contributed by atoms with Crippen LogP contribution in [0, 0.1) is 10.8 Å². The standard InChI is InChI=1S/C23H46O3/c1-6-15-22(2,3)16-11-7-9-13-21(25)14-10-8-12-17-23(4,5)18-19-26-20-24/h20-21,25H,6-19H2,1-5H3. The number of hydrogen-bond acceptors (Lipinski definition) is 3. The molecule has 26 heavy (non-hydrogen) atoms. The predicted octanol–water partition coefficient (Wildman–Crippen LogP) is 6.66. The first kappa shape index (κ1) is 25.4. The second-order valence-electron chi connectivity index (χ2n) is 9.65. The predicted molar refractivity (Wildman–Crippen MR) is 111 cm³/mol. The Kier molecular flexibility index (Phi) is 14.2. The summed E-state index contributed by atoms with van der Waals surface area (Å²) >= 11 is 0. The van der Waals surface area contributed by atoms with Gasteiger partial charge in [-0.15, -0.1) is 0 Å². The van der Waals surface area contributed by atoms with Crippen molar-refractivity contribution in [2.75, 3.05) is 6.61 Å². The van der Waals surface area contributed by atoms with E-state index in [4.69, 9.17) is 4.74 Å². The number of carbonyl (C=O) groups is 1. The lowest BCUT2D eigenvalue weighted by Gasteiger charge is -2.24. The van der Waals surface area contributed by atoms with Crippen LogP contribution >= 0.6 is 0 Å². The lowest BCUT2D eigenvalue weighted by Crippen LogP contribution is -2.14. The molecule has 0 fully saturated rings. The van der Waals surface area contributed by atoms with Gasteiger partial charge in [0.15, 0.2) is 0 Å². The van der Waals surface area contributed by atoms with Crippen molar-refractivity contribution < 1.29 is 14.6 Å². The van der Waals surface area contributed by atoms with Gasteiger partial charge in [-0.05, 0) is 49.4 Å². The molecule has 0 aromatic heterocycles. The SMILES string of the molecule is CCCC(C)(C)CCCCCC(O)CCCCCC(C)(C)CCOC=O. The van der Waals surface area contributed by atoms with Crippen LogP contribution in [-0.4, -0.2) is 24.3 Å². The van der Waals surface area contributed by atoms with Crippen LogP contribution in [0.5, 0.6) is 0 Å². The molecule has 0 aliphatic heterocycles. The number of rotatable bonds is 18. The van der Waals surface area contributed by atoms with Crippen LogP contribution < -0.4 is 0 Å². The maximum Gasteiger partial charge on any atom is 0.293 e. The van der Waals surface area contributed by atoms with Crippen LogP contribution in [0.1, 0.15) is 118 Å². The second kappa shape index (κ2) is 14.5. The van der Waals surface area contributed by atoms with Crippen LogP contribution in [0.25, 0.3) is 0 Å². The van der Waals surface area contributed by atoms with E-state index in [-0.39, 0.29) is 11.5 Å². The topological polar surface area (TPSA) is 46.5 Å². The van der Waals surface area contributed by atoms with E-state index in [0.29, 0.717) is 18.5 Å². The van der Waals surface area contributed by atoms with E-state index in [2.05, 4.69) is 34.6 Å². The summed E-state index contributed by atoms with van der Waals surface area (Å²) in [6, 6.07) is 0. The number of aliphatic hydroxyl groups is 1. The van der Waals surface area contributed by atoms with Crippen molar-refractivity contribution in [3.63, 3.8) is 0 Å². The van der Waals surface area contributed by atoms with Crippen molar-refractivity contribution in [2.24, 2.45) is 10.8 Å². The molecule has 0 aliphatic carbocycles. The molecule has 0 saturated heterocycles. The van der Waals surface area contributed by atoms with E-state index in [1.165, 1.54) is 44.9 Å². The molecule has 0 aromatic rings. The fourth-order valence-corrected chi connectivity index (χ4v) is 3.78. The highest BCUT2D eigenvalue weighted by molar-refractivity contribution is 5.36. The maximum atomic E-state index is 10.2. The zero-order valence-electron chi connectivity index (χ0n) is 18.3. The fraction of sp³-hybridized carbons (Fsp3) is 0.957. The highest BCUT2D eigenvalue weighted by Gasteiger charge is 2.17. The first-order chi connectivity index (χ1) is 12.2. The van der Waals surface area contributed by atoms with Crippen molar-refractivity contribution in [1.29, 1.82) is 0 Å². The fourth-order valence-electron chi connectivity index (χ4n) is 3.78. The summed E-state index contributed by atoms with van der Waals surface area (Å²) in [4.78, 5) is 10.2. The molecular formula is C23H46O3. The Morgan fingerprint density at radius 3 is 1.77 bits per heavy atom. The molecule has 0 bridgehead atoms. The molecule has 1 unspecified atom stereocenters. The van der Waals surface area contributed by atoms with Crippen LogP contribution in [0.4, 0.5) is 0 Å². The molecule has 156 valence electrons. The summed E-state index contributed by atoms with van der Waals surface area (Å²) in [5.41, 5.74) is 0.716. The van der Waals surface area contributed by atoms with E-state index >= 15 is 0 Å². The maximum absolute atomic E-state index is 10.2. The van der Waals surface area contributed by atoms with E-state index in [1.807, 2.05) is 0 Å². The van der Waals surface area contributed by atoms with Gasteiger partial charge in [-0.25, -0.2) is 0 Å². The van der Waals surface area contributed by atoms with Crippen molar-refractivity contribution >= 4 is 6.47 Å². The minimum atomic E-state index is -0.118. The van der Waals surface area contributed by atoms with Gasteiger partial charge < -0.3 is 9.84 Å². The average molecular weight is 371 g/mol. The Morgan fingerprint density at radius 1 is 0.808 bits per heavy atom. The smallest absolute Gasteiger partial charge is 0.293 e. The van der Waals surface area contributed by atoms with E-state index in [0.717, 1.165) is 38.5 Å². The van der Waals surface area contributed by atoms with Gasteiger partial charge in [0, 0.05) is 0 Å². The molecule has 3 nitrogen and oxygen atoms in total. The number of unbranched alkanes of at least 4 members (excludes halogenated alkanes) is 4. The summed E-state index contributed by atoms with van der Waals surface area (Å²) in [7, 11) is 0. The minimum Gasteiger partial charge on any atom is -0.468 e. The zero-order chi connectivity index (χ0) is 19.9. The van der Waals surface area contributed by atoms with Crippen molar-refractivity contribution in [1.82, 2.24) is 0 Å². The molecule has 0 amide bonds. The van der Waals surface area contributed by atoms with E-state index in [1.54, 1.807) is 0 Å². The van der Waals surface area contributed by atoms with Gasteiger partial charge in [0.25, 0.3) is 6.47 Å². The minimum absolute atomic E-state index is 0.118. The monoisotopic (exact) mass is 370 g/mol. The molecule has 0 rings (SSSR count). The average Bonchev–Trinajstić information content (AvgIpc) is 2.54. The van der Waals surface area contributed by atoms with Gasteiger partial charge in [0.1, 0.15) is 0 Å². The van der Waals surface area contributed by atoms with Gasteiger partial charge in [-0.2, -0.15) is 0 Å². The molecule has 0 heterocycles. The summed E-state index contributed by atoms with van der Waals surface area (Å²) in [5, 5.41) is 10.1. The van der Waals surface area contributed by atoms with Crippen LogP contribution in [0.2, 0.25) is 0 Å². The van der Waals surface area contributed by atoms with E-state index in [9.17, 15) is 9.90 Å². The number of hydrogen-bond donors (Lipinski definition) is 1. The van der Waals surface area contributed by atoms with Gasteiger partial charge in [0.2, 0.25) is 0 Å². The summed E-state index contributed by atoms with van der Waals surface area (Å²) in [6.07, 6.45) is 14.9. The molecule has 3 heteroatoms.